The summed E-state index contributed by atoms with van der Waals surface area (Å²) in [5, 5.41) is 28.3. The number of hydrogen-bond acceptors (Lipinski definition) is 9. The molecule has 1 atom stereocenters. The van der Waals surface area contributed by atoms with Crippen LogP contribution in [0.4, 0.5) is 5.82 Å². The summed E-state index contributed by atoms with van der Waals surface area (Å²) in [6.45, 7) is 1.06. The molecule has 29 heavy (non-hydrogen) atoms. The Morgan fingerprint density at radius 1 is 1.31 bits per heavy atom. The molecule has 13 heteroatoms. The summed E-state index contributed by atoms with van der Waals surface area (Å²) < 4.78 is 32.2. The second-order valence-electron chi connectivity index (χ2n) is 6.21. The molecule has 2 heterocycles. The Hall–Kier alpha value is -3.16. The topological polar surface area (TPSA) is 155 Å². The second kappa shape index (κ2) is 8.46. The van der Waals surface area contributed by atoms with Crippen LogP contribution in [0.3, 0.4) is 0 Å². The minimum atomic E-state index is -4.00. The maximum atomic E-state index is 12.3. The van der Waals surface area contributed by atoms with Crippen LogP contribution in [-0.2, 0) is 20.8 Å². The Kier molecular flexibility index (Phi) is 6.00. The third-order valence-electron chi connectivity index (χ3n) is 4.08. The number of imidazole rings is 1. The first-order chi connectivity index (χ1) is 13.8. The van der Waals surface area contributed by atoms with Gasteiger partial charge in [0.1, 0.15) is 24.5 Å². The van der Waals surface area contributed by atoms with Gasteiger partial charge in [0.25, 0.3) is 10.1 Å². The fourth-order valence-electron chi connectivity index (χ4n) is 2.48. The number of aliphatic hydroxyl groups excluding tert-OH is 1. The molecule has 1 N–H and O–H groups in total. The van der Waals surface area contributed by atoms with Crippen LogP contribution in [0.2, 0.25) is 0 Å². The molecule has 0 aliphatic rings. The lowest BCUT2D eigenvalue weighted by Crippen LogP contribution is -2.22. The summed E-state index contributed by atoms with van der Waals surface area (Å²) in [4.78, 5) is 14.1. The number of benzene rings is 1. The van der Waals surface area contributed by atoms with E-state index in [4.69, 9.17) is 4.18 Å². The van der Waals surface area contributed by atoms with Gasteiger partial charge in [0.2, 0.25) is 0 Å². The van der Waals surface area contributed by atoms with Gasteiger partial charge < -0.3 is 15.2 Å². The van der Waals surface area contributed by atoms with Crippen LogP contribution in [0, 0.1) is 17.0 Å². The fourth-order valence-corrected chi connectivity index (χ4v) is 3.42. The van der Waals surface area contributed by atoms with Crippen molar-refractivity contribution in [3.8, 4) is 0 Å². The van der Waals surface area contributed by atoms with Crippen LogP contribution >= 0.6 is 0 Å². The third-order valence-corrected chi connectivity index (χ3v) is 5.37. The highest BCUT2D eigenvalue weighted by molar-refractivity contribution is 7.86. The lowest BCUT2D eigenvalue weighted by atomic mass is 10.2. The summed E-state index contributed by atoms with van der Waals surface area (Å²) in [6.07, 6.45) is 3.86. The van der Waals surface area contributed by atoms with Gasteiger partial charge in [0, 0.05) is 0 Å². The highest BCUT2D eigenvalue weighted by Crippen LogP contribution is 2.17. The van der Waals surface area contributed by atoms with Gasteiger partial charge in [-0.05, 0) is 24.0 Å². The summed E-state index contributed by atoms with van der Waals surface area (Å²) in [5.41, 5.74) is 1.27. The molecular formula is C16H18N6O6S. The van der Waals surface area contributed by atoms with Crippen LogP contribution in [-0.4, -0.2) is 56.2 Å². The van der Waals surface area contributed by atoms with Gasteiger partial charge in [-0.3, -0.25) is 4.18 Å². The largest absolute Gasteiger partial charge is 0.394 e. The SMILES string of the molecule is Cc1ccc(S(=O)(=O)OCC(CO)n2cc(Cn3cncc3[N+](=O)[O-])nn2)cc1. The average molecular weight is 422 g/mol. The molecule has 154 valence electrons. The second-order valence-corrected chi connectivity index (χ2v) is 7.83. The molecule has 0 aliphatic carbocycles. The molecule has 0 saturated heterocycles. The molecule has 0 spiro atoms. The molecule has 0 aliphatic heterocycles. The number of aliphatic hydroxyl groups is 1. The summed E-state index contributed by atoms with van der Waals surface area (Å²) >= 11 is 0. The third kappa shape index (κ3) is 4.82. The number of nitrogens with zero attached hydrogens (tertiary/aromatic N) is 6. The Labute approximate surface area is 165 Å². The zero-order valence-electron chi connectivity index (χ0n) is 15.3. The zero-order chi connectivity index (χ0) is 21.0. The van der Waals surface area contributed by atoms with E-state index in [0.29, 0.717) is 5.69 Å². The van der Waals surface area contributed by atoms with E-state index < -0.39 is 27.7 Å². The van der Waals surface area contributed by atoms with Crippen molar-refractivity contribution < 1.29 is 22.6 Å². The number of rotatable bonds is 9. The number of aromatic nitrogens is 5. The molecule has 0 radical (unpaired) electrons. The quantitative estimate of drug-likeness (QED) is 0.297. The zero-order valence-corrected chi connectivity index (χ0v) is 16.1. The van der Waals surface area contributed by atoms with Crippen molar-refractivity contribution >= 4 is 15.9 Å². The van der Waals surface area contributed by atoms with Crippen molar-refractivity contribution in [2.75, 3.05) is 13.2 Å². The van der Waals surface area contributed by atoms with Crippen LogP contribution in [0.5, 0.6) is 0 Å². The van der Waals surface area contributed by atoms with E-state index in [-0.39, 0.29) is 23.9 Å². The van der Waals surface area contributed by atoms with Gasteiger partial charge in [0.15, 0.2) is 6.33 Å². The molecule has 12 nitrogen and oxygen atoms in total. The van der Waals surface area contributed by atoms with Crippen LogP contribution < -0.4 is 0 Å². The van der Waals surface area contributed by atoms with E-state index in [1.54, 1.807) is 12.1 Å². The molecule has 2 aromatic heterocycles. The minimum absolute atomic E-state index is 0.00601. The van der Waals surface area contributed by atoms with E-state index in [1.807, 2.05) is 6.92 Å². The molecule has 0 bridgehead atoms. The predicted octanol–water partition coefficient (Wildman–Crippen LogP) is 0.678. The van der Waals surface area contributed by atoms with E-state index in [9.17, 15) is 23.6 Å². The van der Waals surface area contributed by atoms with E-state index >= 15 is 0 Å². The van der Waals surface area contributed by atoms with Crippen LogP contribution in [0.15, 0.2) is 47.9 Å². The lowest BCUT2D eigenvalue weighted by molar-refractivity contribution is -0.392. The van der Waals surface area contributed by atoms with Crippen molar-refractivity contribution in [1.82, 2.24) is 24.5 Å². The highest BCUT2D eigenvalue weighted by atomic mass is 32.2. The van der Waals surface area contributed by atoms with Crippen LogP contribution in [0.1, 0.15) is 17.3 Å². The summed E-state index contributed by atoms with van der Waals surface area (Å²) in [6, 6.07) is 5.36. The first-order valence-electron chi connectivity index (χ1n) is 8.42. The van der Waals surface area contributed by atoms with E-state index in [2.05, 4.69) is 15.3 Å². The number of nitro groups is 1. The molecular weight excluding hydrogens is 404 g/mol. The maximum Gasteiger partial charge on any atom is 0.342 e. The Morgan fingerprint density at radius 3 is 2.69 bits per heavy atom. The van der Waals surface area contributed by atoms with Crippen molar-refractivity contribution in [3.05, 3.63) is 64.4 Å². The summed E-state index contributed by atoms with van der Waals surface area (Å²) in [5.74, 6) is -0.203. The molecule has 1 aromatic carbocycles. The standard InChI is InChI=1S/C16H18N6O6S/c1-12-2-4-15(5-3-12)29(26,27)28-10-14(9-23)21-8-13(18-19-21)7-20-11-17-6-16(20)22(24)25/h2-6,8,11,14,23H,7,9-10H2,1H3. The Morgan fingerprint density at radius 2 is 2.03 bits per heavy atom. The van der Waals surface area contributed by atoms with E-state index in [1.165, 1.54) is 33.9 Å². The Bertz CT molecular complexity index is 1090. The van der Waals surface area contributed by atoms with Gasteiger partial charge in [-0.2, -0.15) is 8.42 Å². The molecule has 0 saturated carbocycles. The number of hydrogen-bond donors (Lipinski definition) is 1. The molecule has 0 amide bonds. The van der Waals surface area contributed by atoms with Gasteiger partial charge in [-0.15, -0.1) is 5.10 Å². The van der Waals surface area contributed by atoms with Crippen molar-refractivity contribution in [2.45, 2.75) is 24.4 Å². The number of aryl methyl sites for hydroxylation is 1. The highest BCUT2D eigenvalue weighted by Gasteiger charge is 2.21. The molecule has 0 fully saturated rings. The average Bonchev–Trinajstić information content (AvgIpc) is 3.33. The van der Waals surface area contributed by atoms with Crippen molar-refractivity contribution in [1.29, 1.82) is 0 Å². The lowest BCUT2D eigenvalue weighted by Gasteiger charge is -2.14. The minimum Gasteiger partial charge on any atom is -0.394 e. The van der Waals surface area contributed by atoms with Crippen molar-refractivity contribution in [2.24, 2.45) is 0 Å². The fraction of sp³-hybridized carbons (Fsp3) is 0.312. The smallest absolute Gasteiger partial charge is 0.342 e. The first-order valence-corrected chi connectivity index (χ1v) is 9.83. The summed E-state index contributed by atoms with van der Waals surface area (Å²) in [7, 11) is -4.00. The van der Waals surface area contributed by atoms with Gasteiger partial charge in [0.05, 0.1) is 24.3 Å². The van der Waals surface area contributed by atoms with Gasteiger partial charge in [-0.1, -0.05) is 22.9 Å². The maximum absolute atomic E-state index is 12.3. The molecule has 1 unspecified atom stereocenters. The van der Waals surface area contributed by atoms with Gasteiger partial charge >= 0.3 is 5.82 Å². The van der Waals surface area contributed by atoms with Gasteiger partial charge in [-0.25, -0.2) is 14.2 Å². The monoisotopic (exact) mass is 422 g/mol. The van der Waals surface area contributed by atoms with Crippen molar-refractivity contribution in [3.63, 3.8) is 0 Å². The van der Waals surface area contributed by atoms with E-state index in [0.717, 1.165) is 11.8 Å². The first kappa shape index (κ1) is 20.6. The Balaban J connectivity index is 1.68. The predicted molar refractivity (Wildman–Crippen MR) is 98.4 cm³/mol. The molecule has 3 rings (SSSR count). The van der Waals surface area contributed by atoms with Crippen LogP contribution in [0.25, 0.3) is 0 Å². The normalized spacial score (nSPS) is 12.8. The molecule has 3 aromatic rings.